The highest BCUT2D eigenvalue weighted by Gasteiger charge is 2.25. The van der Waals surface area contributed by atoms with Gasteiger partial charge >= 0.3 is 0 Å². The topological polar surface area (TPSA) is 0 Å². The minimum atomic E-state index is 1.21. The van der Waals surface area contributed by atoms with E-state index in [-0.39, 0.29) is 0 Å². The van der Waals surface area contributed by atoms with Gasteiger partial charge in [-0.25, -0.2) is 0 Å². The van der Waals surface area contributed by atoms with Crippen LogP contribution < -0.4 is 0 Å². The van der Waals surface area contributed by atoms with Crippen LogP contribution in [-0.4, -0.2) is 0 Å². The van der Waals surface area contributed by atoms with Crippen LogP contribution in [0.25, 0.3) is 274 Å². The van der Waals surface area contributed by atoms with Crippen molar-refractivity contribution in [2.75, 3.05) is 0 Å². The van der Waals surface area contributed by atoms with Gasteiger partial charge in [0.25, 0.3) is 0 Å². The average Bonchev–Trinajstić information content (AvgIpc) is 0.730. The Balaban J connectivity index is 0.000000109. The zero-order chi connectivity index (χ0) is 93.9. The molecule has 0 N–H and O–H groups in total. The summed E-state index contributed by atoms with van der Waals surface area (Å²) in [5.74, 6) is 0. The van der Waals surface area contributed by atoms with Gasteiger partial charge in [-0.15, -0.1) is 0 Å². The lowest BCUT2D eigenvalue weighted by Gasteiger charge is -2.19. The summed E-state index contributed by atoms with van der Waals surface area (Å²) in [6.45, 7) is 0. The van der Waals surface area contributed by atoms with Crippen LogP contribution in [0.1, 0.15) is 0 Å². The lowest BCUT2D eigenvalue weighted by atomic mass is 9.83. The number of hydrogen-bond acceptors (Lipinski definition) is 0. The second-order valence-corrected chi connectivity index (χ2v) is 37.4. The quantitative estimate of drug-likeness (QED) is 0.0845. The first-order valence-corrected chi connectivity index (χ1v) is 49.2. The molecule has 28 rings (SSSR count). The molecule has 142 heavy (non-hydrogen) atoms. The lowest BCUT2D eigenvalue weighted by Crippen LogP contribution is -1.92. The van der Waals surface area contributed by atoms with Gasteiger partial charge in [-0.05, 0) is 322 Å². The highest BCUT2D eigenvalue weighted by atomic mass is 14.3. The van der Waals surface area contributed by atoms with Crippen molar-refractivity contribution in [2.45, 2.75) is 0 Å². The van der Waals surface area contributed by atoms with Crippen LogP contribution in [0, 0.1) is 0 Å². The molecule has 0 radical (unpaired) electrons. The number of benzene rings is 28. The molecule has 0 heterocycles. The molecule has 0 spiro atoms. The number of fused-ring (bicyclic) bond motifs is 14. The van der Waals surface area contributed by atoms with E-state index in [1.807, 2.05) is 0 Å². The minimum absolute atomic E-state index is 1.21. The van der Waals surface area contributed by atoms with Crippen molar-refractivity contribution in [3.63, 3.8) is 0 Å². The van der Waals surface area contributed by atoms with E-state index in [0.717, 1.165) is 0 Å². The molecule has 28 aromatic carbocycles. The molecule has 0 bridgehead atoms. The Morgan fingerprint density at radius 3 is 0.634 bits per heavy atom. The Bertz CT molecular complexity index is 9620. The van der Waals surface area contributed by atoms with Crippen LogP contribution in [0.15, 0.2) is 558 Å². The highest BCUT2D eigenvalue weighted by Crippen LogP contribution is 2.52. The zero-order valence-electron chi connectivity index (χ0n) is 78.1. The fourth-order valence-electron chi connectivity index (χ4n) is 22.7. The Kier molecular flexibility index (Phi) is 21.4. The van der Waals surface area contributed by atoms with Crippen molar-refractivity contribution < 1.29 is 0 Å². The summed E-state index contributed by atoms with van der Waals surface area (Å²) in [7, 11) is 0. The molecule has 0 aliphatic rings. The van der Waals surface area contributed by atoms with Crippen molar-refractivity contribution in [3.05, 3.63) is 558 Å². The summed E-state index contributed by atoms with van der Waals surface area (Å²) in [5, 5.41) is 33.0. The molecule has 660 valence electrons. The molecule has 0 amide bonds. The van der Waals surface area contributed by atoms with E-state index in [9.17, 15) is 0 Å². The van der Waals surface area contributed by atoms with Crippen molar-refractivity contribution in [1.82, 2.24) is 0 Å². The molecule has 28 aromatic rings. The van der Waals surface area contributed by atoms with Crippen LogP contribution in [0.4, 0.5) is 0 Å². The van der Waals surface area contributed by atoms with E-state index < -0.39 is 0 Å². The van der Waals surface area contributed by atoms with Crippen molar-refractivity contribution in [1.29, 1.82) is 0 Å². The van der Waals surface area contributed by atoms with Gasteiger partial charge in [0.2, 0.25) is 0 Å². The Hall–Kier alpha value is -18.5. The zero-order valence-corrected chi connectivity index (χ0v) is 78.1. The molecule has 0 aliphatic carbocycles. The maximum Gasteiger partial charge on any atom is -0.00199 e. The summed E-state index contributed by atoms with van der Waals surface area (Å²) in [5.41, 5.74) is 30.0. The van der Waals surface area contributed by atoms with Gasteiger partial charge in [0.15, 0.2) is 0 Å². The van der Waals surface area contributed by atoms with Gasteiger partial charge < -0.3 is 0 Å². The highest BCUT2D eigenvalue weighted by molar-refractivity contribution is 6.28. The van der Waals surface area contributed by atoms with Gasteiger partial charge in [-0.1, -0.05) is 510 Å². The van der Waals surface area contributed by atoms with Gasteiger partial charge in [0.05, 0.1) is 0 Å². The van der Waals surface area contributed by atoms with E-state index >= 15 is 0 Å². The molecular formula is C142H92. The van der Waals surface area contributed by atoms with Gasteiger partial charge in [0, 0.05) is 0 Å². The minimum Gasteiger partial charge on any atom is -0.0622 e. The predicted molar refractivity (Wildman–Crippen MR) is 612 cm³/mol. The fraction of sp³-hybridized carbons (Fsp3) is 0. The normalized spacial score (nSPS) is 11.5. The summed E-state index contributed by atoms with van der Waals surface area (Å²) >= 11 is 0. The third-order valence-electron chi connectivity index (χ3n) is 29.3. The summed E-state index contributed by atoms with van der Waals surface area (Å²) in [6.07, 6.45) is 0. The third-order valence-corrected chi connectivity index (χ3v) is 29.3. The average molecular weight is 1800 g/mol. The van der Waals surface area contributed by atoms with E-state index in [1.54, 1.807) is 0 Å². The molecular weight excluding hydrogens is 1710 g/mol. The van der Waals surface area contributed by atoms with Gasteiger partial charge in [0.1, 0.15) is 0 Å². The summed E-state index contributed by atoms with van der Waals surface area (Å²) in [4.78, 5) is 0. The number of rotatable bonds is 12. The molecule has 0 nitrogen and oxygen atoms in total. The summed E-state index contributed by atoms with van der Waals surface area (Å²) < 4.78 is 0. The SMILES string of the molecule is c1ccc(-c2c3ccccc3c(-c3cc(-c4ccc(-c5cc6ccccc6c6ccccc56)cc4)cc4ccccc34)c3ccccc23)cc1.c1ccc(-c2c3ccccc3c(-c3cc(-c4ccc(-c5ccc6ccccc6c5)cc4)cc4ccccc34)c3ccccc23)cc1.c1ccc(-c2c3ccccc3c(-c3cc(-c4ccc(-c5cccc6ccccc56)cc4)cc4ccccc34)c3ccccc23)cc1. The first kappa shape index (κ1) is 84.1. The molecule has 0 heteroatoms. The maximum absolute atomic E-state index is 2.42. The smallest absolute Gasteiger partial charge is 0.00199 e. The second-order valence-electron chi connectivity index (χ2n) is 37.4. The monoisotopic (exact) mass is 1800 g/mol. The van der Waals surface area contributed by atoms with E-state index in [4.69, 9.17) is 0 Å². The maximum atomic E-state index is 2.42. The molecule has 0 saturated heterocycles. The molecule has 0 fully saturated rings. The largest absolute Gasteiger partial charge is 0.0622 e. The number of hydrogen-bond donors (Lipinski definition) is 0. The predicted octanol–water partition coefficient (Wildman–Crippen LogP) is 40.1. The second kappa shape index (κ2) is 36.2. The van der Waals surface area contributed by atoms with Gasteiger partial charge in [-0.2, -0.15) is 0 Å². The van der Waals surface area contributed by atoms with Crippen molar-refractivity contribution >= 4 is 140 Å². The molecule has 0 atom stereocenters. The summed E-state index contributed by atoms with van der Waals surface area (Å²) in [6, 6.07) is 204. The van der Waals surface area contributed by atoms with Gasteiger partial charge in [-0.3, -0.25) is 0 Å². The molecule has 0 aliphatic heterocycles. The van der Waals surface area contributed by atoms with Crippen LogP contribution in [0.2, 0.25) is 0 Å². The van der Waals surface area contributed by atoms with Crippen molar-refractivity contribution in [2.24, 2.45) is 0 Å². The fourth-order valence-corrected chi connectivity index (χ4v) is 22.7. The van der Waals surface area contributed by atoms with Crippen molar-refractivity contribution in [3.8, 4) is 134 Å². The standard InChI is InChI=1S/C50H32.2C46H30/c1-2-14-35(15-3-1)49-43-22-10-12-24-45(43)50(46-25-13-11-23-44(46)49)48-32-38(30-36-16-4-7-19-40(36)48)33-26-28-34(29-27-33)47-31-37-17-5-6-18-39(37)41-20-8-9-21-42(41)47;1-2-14-34(15-3-1)45-40-20-8-10-22-42(40)46(43-23-11-9-21-41(43)45)44-30-36(29-35-16-5-7-19-39(35)44)31-25-27-33(28-26-31)38-24-12-17-32-13-4-6-18-37(32)38;1-2-13-34(14-3-1)45-40-18-8-10-20-42(40)46(43-21-11-9-19-41(43)45)44-30-38(29-37-16-6-7-17-39(37)44)33-24-22-32(23-25-33)36-27-26-31-12-4-5-15-35(31)28-36/h1-32H;2*1-30H. The first-order valence-electron chi connectivity index (χ1n) is 49.2. The van der Waals surface area contributed by atoms with Crippen LogP contribution in [0.3, 0.4) is 0 Å². The Morgan fingerprint density at radius 1 is 0.0704 bits per heavy atom. The van der Waals surface area contributed by atoms with Crippen LogP contribution in [-0.2, 0) is 0 Å². The Morgan fingerprint density at radius 2 is 0.289 bits per heavy atom. The molecule has 0 aromatic heterocycles. The molecule has 0 saturated carbocycles. The van der Waals surface area contributed by atoms with Crippen LogP contribution in [0.5, 0.6) is 0 Å². The molecule has 0 unspecified atom stereocenters. The van der Waals surface area contributed by atoms with E-state index in [2.05, 4.69) is 558 Å². The van der Waals surface area contributed by atoms with E-state index in [0.29, 0.717) is 0 Å². The third kappa shape index (κ3) is 15.1. The van der Waals surface area contributed by atoms with E-state index in [1.165, 1.54) is 274 Å². The Labute approximate surface area is 825 Å². The lowest BCUT2D eigenvalue weighted by molar-refractivity contribution is 1.61. The first-order chi connectivity index (χ1) is 70.5. The van der Waals surface area contributed by atoms with Crippen LogP contribution >= 0.6 is 0 Å².